The Morgan fingerprint density at radius 3 is 2.42 bits per heavy atom. The number of rotatable bonds is 17. The molecule has 0 spiro atoms. The number of carboxylic acid groups (broad SMARTS) is 1. The molecule has 3 N–H and O–H groups in total. The van der Waals surface area contributed by atoms with Gasteiger partial charge in [0, 0.05) is 12.3 Å². The maximum atomic E-state index is 12.2. The average molecular weight is 543 g/mol. The molecule has 1 aliphatic carbocycles. The van der Waals surface area contributed by atoms with Gasteiger partial charge in [-0.15, -0.1) is 0 Å². The fourth-order valence-electron chi connectivity index (χ4n) is 4.92. The van der Waals surface area contributed by atoms with E-state index in [1.54, 1.807) is 0 Å². The summed E-state index contributed by atoms with van der Waals surface area (Å²) in [4.78, 5) is 35.7. The summed E-state index contributed by atoms with van der Waals surface area (Å²) in [5, 5.41) is 14.9. The predicted octanol–water partition coefficient (Wildman–Crippen LogP) is 5.75. The Morgan fingerprint density at radius 2 is 1.82 bits per heavy atom. The first-order valence-electron chi connectivity index (χ1n) is 13.8. The molecule has 1 aromatic carbocycles. The first kappa shape index (κ1) is 31.7. The fourth-order valence-corrected chi connectivity index (χ4v) is 5.13. The third-order valence-electron chi connectivity index (χ3n) is 7.56. The third kappa shape index (κ3) is 11.1. The minimum atomic E-state index is -0.812. The number of nitrogens with one attached hydrogen (secondary N) is 2. The number of thiol groups is 1. The van der Waals surface area contributed by atoms with E-state index in [0.717, 1.165) is 24.2 Å². The summed E-state index contributed by atoms with van der Waals surface area (Å²) in [5.41, 5.74) is 3.46. The number of amides is 2. The van der Waals surface area contributed by atoms with Crippen LogP contribution >= 0.6 is 12.6 Å². The molecule has 0 aliphatic heterocycles. The lowest BCUT2D eigenvalue weighted by atomic mass is 9.87. The number of allylic oxidation sites excluding steroid dienone is 1. The second-order valence-corrected chi connectivity index (χ2v) is 11.6. The van der Waals surface area contributed by atoms with Gasteiger partial charge in [0.1, 0.15) is 0 Å². The van der Waals surface area contributed by atoms with Gasteiger partial charge in [0.05, 0.1) is 12.5 Å². The van der Waals surface area contributed by atoms with Crippen molar-refractivity contribution in [1.29, 1.82) is 0 Å². The minimum Gasteiger partial charge on any atom is -0.481 e. The number of carbonyl (C=O) groups excluding carboxylic acids is 2. The molecule has 1 saturated carbocycles. The van der Waals surface area contributed by atoms with E-state index < -0.39 is 11.9 Å². The third-order valence-corrected chi connectivity index (χ3v) is 7.92. The summed E-state index contributed by atoms with van der Waals surface area (Å²) in [5.74, 6) is 1.10. The number of hydrogen-bond donors (Lipinski definition) is 4. The van der Waals surface area contributed by atoms with Crippen molar-refractivity contribution in [3.8, 4) is 0 Å². The van der Waals surface area contributed by atoms with Gasteiger partial charge in [-0.25, -0.2) is 0 Å². The zero-order valence-corrected chi connectivity index (χ0v) is 24.3. The zero-order chi connectivity index (χ0) is 28.2. The Labute approximate surface area is 234 Å². The van der Waals surface area contributed by atoms with Crippen molar-refractivity contribution in [2.45, 2.75) is 71.5 Å². The number of hydrogen-bond acceptors (Lipinski definition) is 4. The van der Waals surface area contributed by atoms with Crippen LogP contribution in [0.3, 0.4) is 0 Å². The number of aliphatic carboxylic acids is 1. The van der Waals surface area contributed by atoms with Gasteiger partial charge in [-0.1, -0.05) is 70.2 Å². The molecule has 1 fully saturated rings. The van der Waals surface area contributed by atoms with Crippen LogP contribution in [-0.4, -0.2) is 36.0 Å². The SMILES string of the molecule is C=C(C[C@@H](CC(C)C)C(=O)O)[C@H](C)CNC(=O)CNC(=O)/C=C/CC[C@H](C)C1C[C@@H]1c1ccc(CS)cc1. The van der Waals surface area contributed by atoms with Crippen LogP contribution in [0.25, 0.3) is 0 Å². The van der Waals surface area contributed by atoms with Gasteiger partial charge in [0.2, 0.25) is 11.8 Å². The van der Waals surface area contributed by atoms with E-state index in [2.05, 4.69) is 61.0 Å². The summed E-state index contributed by atoms with van der Waals surface area (Å²) in [6.07, 6.45) is 7.47. The van der Waals surface area contributed by atoms with Crippen molar-refractivity contribution >= 4 is 30.4 Å². The molecule has 0 saturated heterocycles. The van der Waals surface area contributed by atoms with Crippen molar-refractivity contribution in [1.82, 2.24) is 10.6 Å². The van der Waals surface area contributed by atoms with Crippen LogP contribution in [0.15, 0.2) is 48.6 Å². The normalized spacial score (nSPS) is 19.1. The van der Waals surface area contributed by atoms with Crippen LogP contribution in [-0.2, 0) is 20.1 Å². The van der Waals surface area contributed by atoms with E-state index in [4.69, 9.17) is 0 Å². The van der Waals surface area contributed by atoms with Crippen molar-refractivity contribution < 1.29 is 19.5 Å². The number of carbonyl (C=O) groups is 3. The van der Waals surface area contributed by atoms with Crippen molar-refractivity contribution in [3.05, 3.63) is 59.7 Å². The van der Waals surface area contributed by atoms with Crippen molar-refractivity contribution in [2.24, 2.45) is 29.6 Å². The van der Waals surface area contributed by atoms with Gasteiger partial charge in [-0.05, 0) is 78.9 Å². The van der Waals surface area contributed by atoms with E-state index in [1.165, 1.54) is 23.6 Å². The number of carboxylic acids is 1. The summed E-state index contributed by atoms with van der Waals surface area (Å²) in [7, 11) is 0. The maximum Gasteiger partial charge on any atom is 0.306 e. The van der Waals surface area contributed by atoms with Crippen LogP contribution in [0.4, 0.5) is 0 Å². The maximum absolute atomic E-state index is 12.2. The van der Waals surface area contributed by atoms with Crippen LogP contribution in [0.1, 0.15) is 76.8 Å². The van der Waals surface area contributed by atoms with E-state index in [1.807, 2.05) is 26.8 Å². The summed E-state index contributed by atoms with van der Waals surface area (Å²) < 4.78 is 0. The highest BCUT2D eigenvalue weighted by atomic mass is 32.1. The van der Waals surface area contributed by atoms with E-state index in [0.29, 0.717) is 37.1 Å². The Morgan fingerprint density at radius 1 is 1.13 bits per heavy atom. The summed E-state index contributed by atoms with van der Waals surface area (Å²) >= 11 is 4.32. The smallest absolute Gasteiger partial charge is 0.306 e. The van der Waals surface area contributed by atoms with Gasteiger partial charge >= 0.3 is 5.97 Å². The van der Waals surface area contributed by atoms with Gasteiger partial charge in [-0.2, -0.15) is 12.6 Å². The Hall–Kier alpha value is -2.54. The van der Waals surface area contributed by atoms with Crippen LogP contribution in [0.2, 0.25) is 0 Å². The molecular formula is C31H46N2O4S. The Bertz CT molecular complexity index is 973. The molecule has 0 radical (unpaired) electrons. The molecule has 6 nitrogen and oxygen atoms in total. The molecule has 2 amide bonds. The molecule has 0 heterocycles. The topological polar surface area (TPSA) is 95.5 Å². The number of benzene rings is 1. The standard InChI is InChI=1S/C31H46N2O4S/c1-20(2)14-26(31(36)37)15-22(4)23(5)17-32-30(35)18-33-29(34)9-7-6-8-21(3)27-16-28(27)25-12-10-24(19-38)11-13-25/h7,9-13,20-21,23,26-28,38H,4,6,8,14-19H2,1-3,5H3,(H,32,35)(H,33,34)(H,36,37)/b9-7+/t21-,23+,26+,27?,28+/m0/s1. The quantitative estimate of drug-likeness (QED) is 0.114. The molecule has 1 aromatic rings. The minimum absolute atomic E-state index is 0.0518. The van der Waals surface area contributed by atoms with Crippen molar-refractivity contribution in [2.75, 3.05) is 13.1 Å². The Balaban J connectivity index is 1.61. The van der Waals surface area contributed by atoms with E-state index in [9.17, 15) is 19.5 Å². The highest BCUT2D eigenvalue weighted by molar-refractivity contribution is 7.79. The van der Waals surface area contributed by atoms with E-state index >= 15 is 0 Å². The lowest BCUT2D eigenvalue weighted by molar-refractivity contribution is -0.142. The molecule has 5 atom stereocenters. The average Bonchev–Trinajstić information content (AvgIpc) is 3.68. The molecule has 0 bridgehead atoms. The second kappa shape index (κ2) is 15.8. The van der Waals surface area contributed by atoms with Gasteiger partial charge in [0.25, 0.3) is 0 Å². The van der Waals surface area contributed by atoms with Gasteiger partial charge < -0.3 is 15.7 Å². The largest absolute Gasteiger partial charge is 0.481 e. The zero-order valence-electron chi connectivity index (χ0n) is 23.4. The fraction of sp³-hybridized carbons (Fsp3) is 0.581. The predicted molar refractivity (Wildman–Crippen MR) is 157 cm³/mol. The molecule has 7 heteroatoms. The molecule has 2 rings (SSSR count). The van der Waals surface area contributed by atoms with Gasteiger partial charge in [0.15, 0.2) is 0 Å². The molecule has 210 valence electrons. The molecule has 38 heavy (non-hydrogen) atoms. The molecule has 1 unspecified atom stereocenters. The lowest BCUT2D eigenvalue weighted by Crippen LogP contribution is -2.38. The molecule has 1 aliphatic rings. The first-order valence-corrected chi connectivity index (χ1v) is 14.5. The van der Waals surface area contributed by atoms with Crippen LogP contribution in [0, 0.1) is 29.6 Å². The van der Waals surface area contributed by atoms with Crippen LogP contribution < -0.4 is 10.6 Å². The summed E-state index contributed by atoms with van der Waals surface area (Å²) in [6.45, 7) is 12.5. The summed E-state index contributed by atoms with van der Waals surface area (Å²) in [6, 6.07) is 8.77. The molecule has 0 aromatic heterocycles. The monoisotopic (exact) mass is 542 g/mol. The molecular weight excluding hydrogens is 496 g/mol. The Kier molecular flexibility index (Phi) is 13.1. The highest BCUT2D eigenvalue weighted by Gasteiger charge is 2.41. The van der Waals surface area contributed by atoms with Crippen molar-refractivity contribution in [3.63, 3.8) is 0 Å². The van der Waals surface area contributed by atoms with Gasteiger partial charge in [-0.3, -0.25) is 14.4 Å². The highest BCUT2D eigenvalue weighted by Crippen LogP contribution is 2.52. The first-order chi connectivity index (χ1) is 18.0. The lowest BCUT2D eigenvalue weighted by Gasteiger charge is -2.20. The second-order valence-electron chi connectivity index (χ2n) is 11.3. The van der Waals surface area contributed by atoms with E-state index in [-0.39, 0.29) is 30.2 Å². The van der Waals surface area contributed by atoms with Crippen LogP contribution in [0.5, 0.6) is 0 Å².